The van der Waals surface area contributed by atoms with Crippen molar-refractivity contribution in [3.8, 4) is 0 Å². The summed E-state index contributed by atoms with van der Waals surface area (Å²) in [6, 6.07) is 2.69. The molecule has 2 bridgehead atoms. The van der Waals surface area contributed by atoms with Gasteiger partial charge in [0.1, 0.15) is 11.6 Å². The SMILES string of the molecule is NNC(Cc1c(F)ccc(Br)c1F)C1C2C3CCC(C3)C21. The number of hydrazine groups is 1. The summed E-state index contributed by atoms with van der Waals surface area (Å²) < 4.78 is 28.4. The summed E-state index contributed by atoms with van der Waals surface area (Å²) in [6.07, 6.45) is 4.35. The van der Waals surface area contributed by atoms with Crippen molar-refractivity contribution in [1.29, 1.82) is 0 Å². The number of halogens is 3. The van der Waals surface area contributed by atoms with Crippen LogP contribution in [0, 0.1) is 41.2 Å². The minimum Gasteiger partial charge on any atom is -0.271 e. The Morgan fingerprint density at radius 2 is 1.90 bits per heavy atom. The Balaban J connectivity index is 1.55. The van der Waals surface area contributed by atoms with Crippen LogP contribution in [-0.4, -0.2) is 6.04 Å². The molecular weight excluding hydrogens is 338 g/mol. The molecular formula is C16H19BrF2N2. The maximum Gasteiger partial charge on any atom is 0.143 e. The van der Waals surface area contributed by atoms with Gasteiger partial charge in [0.05, 0.1) is 4.47 Å². The lowest BCUT2D eigenvalue weighted by atomic mass is 9.93. The lowest BCUT2D eigenvalue weighted by molar-refractivity contribution is 0.358. The highest BCUT2D eigenvalue weighted by atomic mass is 79.9. The van der Waals surface area contributed by atoms with Crippen molar-refractivity contribution < 1.29 is 8.78 Å². The molecule has 2 nitrogen and oxygen atoms in total. The third-order valence-electron chi connectivity index (χ3n) is 6.04. The average Bonchev–Trinajstić information content (AvgIpc) is 2.90. The number of fused-ring (bicyclic) bond motifs is 5. The molecule has 21 heavy (non-hydrogen) atoms. The molecule has 3 aliphatic carbocycles. The number of hydrogen-bond donors (Lipinski definition) is 2. The van der Waals surface area contributed by atoms with Gasteiger partial charge in [-0.15, -0.1) is 0 Å². The normalized spacial score (nSPS) is 37.6. The summed E-state index contributed by atoms with van der Waals surface area (Å²) in [6.45, 7) is 0. The molecule has 5 unspecified atom stereocenters. The van der Waals surface area contributed by atoms with E-state index < -0.39 is 11.6 Å². The van der Waals surface area contributed by atoms with Gasteiger partial charge in [0.15, 0.2) is 0 Å². The van der Waals surface area contributed by atoms with Crippen LogP contribution >= 0.6 is 15.9 Å². The second-order valence-electron chi connectivity index (χ2n) is 6.86. The fraction of sp³-hybridized carbons (Fsp3) is 0.625. The first-order valence-corrected chi connectivity index (χ1v) is 8.49. The van der Waals surface area contributed by atoms with E-state index >= 15 is 0 Å². The van der Waals surface area contributed by atoms with Crippen LogP contribution < -0.4 is 11.3 Å². The largest absolute Gasteiger partial charge is 0.271 e. The second kappa shape index (κ2) is 5.00. The zero-order chi connectivity index (χ0) is 14.7. The Morgan fingerprint density at radius 1 is 1.24 bits per heavy atom. The van der Waals surface area contributed by atoms with Gasteiger partial charge >= 0.3 is 0 Å². The van der Waals surface area contributed by atoms with E-state index in [4.69, 9.17) is 5.84 Å². The molecule has 4 rings (SSSR count). The number of benzene rings is 1. The molecule has 0 aromatic heterocycles. The van der Waals surface area contributed by atoms with Gasteiger partial charge in [-0.25, -0.2) is 8.78 Å². The van der Waals surface area contributed by atoms with E-state index in [-0.39, 0.29) is 11.6 Å². The van der Waals surface area contributed by atoms with Crippen molar-refractivity contribution in [1.82, 2.24) is 5.43 Å². The summed E-state index contributed by atoms with van der Waals surface area (Å²) in [5.41, 5.74) is 2.98. The second-order valence-corrected chi connectivity index (χ2v) is 7.72. The van der Waals surface area contributed by atoms with E-state index in [1.165, 1.54) is 31.4 Å². The highest BCUT2D eigenvalue weighted by molar-refractivity contribution is 9.10. The molecule has 5 heteroatoms. The number of nitrogens with one attached hydrogen (secondary N) is 1. The van der Waals surface area contributed by atoms with Crippen LogP contribution in [-0.2, 0) is 6.42 Å². The Bertz CT molecular complexity index is 564. The molecule has 3 N–H and O–H groups in total. The van der Waals surface area contributed by atoms with Gasteiger partial charge in [-0.2, -0.15) is 0 Å². The van der Waals surface area contributed by atoms with Crippen LogP contribution in [0.25, 0.3) is 0 Å². The van der Waals surface area contributed by atoms with Crippen molar-refractivity contribution >= 4 is 15.9 Å². The zero-order valence-electron chi connectivity index (χ0n) is 11.7. The van der Waals surface area contributed by atoms with E-state index in [1.54, 1.807) is 0 Å². The highest BCUT2D eigenvalue weighted by Crippen LogP contribution is 2.70. The lowest BCUT2D eigenvalue weighted by Gasteiger charge is -2.20. The van der Waals surface area contributed by atoms with Gasteiger partial charge in [0.25, 0.3) is 0 Å². The maximum atomic E-state index is 14.1. The Kier molecular flexibility index (Phi) is 3.36. The molecule has 1 aromatic rings. The molecule has 5 atom stereocenters. The number of rotatable bonds is 4. The predicted molar refractivity (Wildman–Crippen MR) is 80.2 cm³/mol. The third kappa shape index (κ3) is 2.08. The van der Waals surface area contributed by atoms with E-state index in [0.29, 0.717) is 16.8 Å². The minimum absolute atomic E-state index is 0.0262. The van der Waals surface area contributed by atoms with Gasteiger partial charge in [-0.05, 0) is 83.3 Å². The molecule has 3 aliphatic rings. The molecule has 0 saturated heterocycles. The van der Waals surface area contributed by atoms with Gasteiger partial charge in [-0.1, -0.05) is 0 Å². The van der Waals surface area contributed by atoms with Crippen LogP contribution in [0.3, 0.4) is 0 Å². The summed E-state index contributed by atoms with van der Waals surface area (Å²) in [5, 5.41) is 0. The van der Waals surface area contributed by atoms with E-state index in [9.17, 15) is 8.78 Å². The first-order chi connectivity index (χ1) is 10.1. The van der Waals surface area contributed by atoms with Crippen LogP contribution in [0.15, 0.2) is 16.6 Å². The van der Waals surface area contributed by atoms with Crippen LogP contribution in [0.2, 0.25) is 0 Å². The standard InChI is InChI=1S/C16H19BrF2N2/c17-10-3-4-11(18)9(16(10)19)6-12(21-20)15-13-7-1-2-8(5-7)14(13)15/h3-4,7-8,12-15,21H,1-2,5-6,20H2. The maximum absolute atomic E-state index is 14.1. The van der Waals surface area contributed by atoms with Gasteiger partial charge < -0.3 is 0 Å². The fourth-order valence-electron chi connectivity index (χ4n) is 5.21. The van der Waals surface area contributed by atoms with E-state index in [0.717, 1.165) is 23.7 Å². The molecule has 0 aliphatic heterocycles. The van der Waals surface area contributed by atoms with Crippen molar-refractivity contribution in [2.45, 2.75) is 31.7 Å². The number of nitrogens with two attached hydrogens (primary N) is 1. The zero-order valence-corrected chi connectivity index (χ0v) is 13.2. The molecule has 3 saturated carbocycles. The molecule has 3 fully saturated rings. The molecule has 0 spiro atoms. The summed E-state index contributed by atoms with van der Waals surface area (Å²) in [5.74, 6) is 8.37. The highest BCUT2D eigenvalue weighted by Gasteiger charge is 2.66. The number of hydrogen-bond acceptors (Lipinski definition) is 2. The lowest BCUT2D eigenvalue weighted by Crippen LogP contribution is -2.40. The molecule has 0 heterocycles. The summed E-state index contributed by atoms with van der Waals surface area (Å²) >= 11 is 3.13. The molecule has 1 aromatic carbocycles. The van der Waals surface area contributed by atoms with Crippen LogP contribution in [0.5, 0.6) is 0 Å². The van der Waals surface area contributed by atoms with Crippen molar-refractivity contribution in [2.75, 3.05) is 0 Å². The molecule has 0 amide bonds. The van der Waals surface area contributed by atoms with E-state index in [1.807, 2.05) is 0 Å². The van der Waals surface area contributed by atoms with Gasteiger partial charge in [0, 0.05) is 11.6 Å². The van der Waals surface area contributed by atoms with Crippen LogP contribution in [0.1, 0.15) is 24.8 Å². The minimum atomic E-state index is -0.496. The van der Waals surface area contributed by atoms with Crippen molar-refractivity contribution in [2.24, 2.45) is 35.4 Å². The Morgan fingerprint density at radius 3 is 2.52 bits per heavy atom. The monoisotopic (exact) mass is 356 g/mol. The Labute approximate surface area is 131 Å². The first-order valence-electron chi connectivity index (χ1n) is 7.70. The fourth-order valence-corrected chi connectivity index (χ4v) is 5.58. The van der Waals surface area contributed by atoms with Gasteiger partial charge in [0.2, 0.25) is 0 Å². The van der Waals surface area contributed by atoms with E-state index in [2.05, 4.69) is 21.4 Å². The summed E-state index contributed by atoms with van der Waals surface area (Å²) in [7, 11) is 0. The third-order valence-corrected chi connectivity index (χ3v) is 6.65. The topological polar surface area (TPSA) is 38.0 Å². The smallest absolute Gasteiger partial charge is 0.143 e. The summed E-state index contributed by atoms with van der Waals surface area (Å²) in [4.78, 5) is 0. The average molecular weight is 357 g/mol. The molecule has 0 radical (unpaired) electrons. The predicted octanol–water partition coefficient (Wildman–Crippen LogP) is 3.39. The Hall–Kier alpha value is -0.520. The van der Waals surface area contributed by atoms with Crippen molar-refractivity contribution in [3.63, 3.8) is 0 Å². The van der Waals surface area contributed by atoms with Crippen molar-refractivity contribution in [3.05, 3.63) is 33.8 Å². The van der Waals surface area contributed by atoms with Crippen LogP contribution in [0.4, 0.5) is 8.78 Å². The first kappa shape index (κ1) is 14.1. The quantitative estimate of drug-likeness (QED) is 0.493. The molecule has 114 valence electrons. The van der Waals surface area contributed by atoms with Gasteiger partial charge in [-0.3, -0.25) is 11.3 Å².